The molecule has 0 aromatic heterocycles. The molecule has 1 atom stereocenters. The molecule has 0 saturated carbocycles. The van der Waals surface area contributed by atoms with Crippen molar-refractivity contribution in [1.82, 2.24) is 5.32 Å². The van der Waals surface area contributed by atoms with E-state index in [0.29, 0.717) is 6.42 Å². The van der Waals surface area contributed by atoms with E-state index in [1.165, 1.54) is 0 Å². The second-order valence-electron chi connectivity index (χ2n) is 3.55. The van der Waals surface area contributed by atoms with Crippen LogP contribution in [0, 0.1) is 0 Å². The topological polar surface area (TPSA) is 41.5 Å². The smallest absolute Gasteiger partial charge is 0.118 e. The van der Waals surface area contributed by atoms with Crippen molar-refractivity contribution in [3.8, 4) is 5.75 Å². The summed E-state index contributed by atoms with van der Waals surface area (Å²) in [7, 11) is 3.38. The fourth-order valence-corrected chi connectivity index (χ4v) is 1.23. The van der Waals surface area contributed by atoms with Crippen LogP contribution in [0.1, 0.15) is 12.5 Å². The fraction of sp³-hybridized carbons (Fsp3) is 0.455. The van der Waals surface area contributed by atoms with Crippen LogP contribution in [0.5, 0.6) is 5.75 Å². The van der Waals surface area contributed by atoms with Crippen molar-refractivity contribution in [1.29, 1.82) is 0 Å². The van der Waals surface area contributed by atoms with Gasteiger partial charge in [-0.2, -0.15) is 0 Å². The van der Waals surface area contributed by atoms with Gasteiger partial charge in [0.05, 0.1) is 7.11 Å². The lowest BCUT2D eigenvalue weighted by molar-refractivity contribution is 0.0326. The van der Waals surface area contributed by atoms with Crippen LogP contribution in [-0.2, 0) is 6.42 Å². The highest BCUT2D eigenvalue weighted by atomic mass is 16.5. The van der Waals surface area contributed by atoms with E-state index < -0.39 is 5.72 Å². The van der Waals surface area contributed by atoms with E-state index in [-0.39, 0.29) is 0 Å². The van der Waals surface area contributed by atoms with E-state index >= 15 is 0 Å². The van der Waals surface area contributed by atoms with Crippen LogP contribution >= 0.6 is 0 Å². The average molecular weight is 195 g/mol. The van der Waals surface area contributed by atoms with Crippen molar-refractivity contribution < 1.29 is 9.84 Å². The Morgan fingerprint density at radius 3 is 2.36 bits per heavy atom. The molecule has 0 saturated heterocycles. The van der Waals surface area contributed by atoms with Gasteiger partial charge in [0.2, 0.25) is 0 Å². The SMILES string of the molecule is CNC(C)(O)Cc1ccc(OC)cc1. The summed E-state index contributed by atoms with van der Waals surface area (Å²) < 4.78 is 5.05. The summed E-state index contributed by atoms with van der Waals surface area (Å²) in [4.78, 5) is 0. The Hall–Kier alpha value is -1.06. The number of methoxy groups -OCH3 is 1. The fourth-order valence-electron chi connectivity index (χ4n) is 1.23. The lowest BCUT2D eigenvalue weighted by Crippen LogP contribution is -2.41. The molecule has 14 heavy (non-hydrogen) atoms. The Bertz CT molecular complexity index is 280. The molecule has 0 radical (unpaired) electrons. The lowest BCUT2D eigenvalue weighted by Gasteiger charge is -2.22. The standard InChI is InChI=1S/C11H17NO2/c1-11(13,12-2)8-9-4-6-10(14-3)7-5-9/h4-7,12-13H,8H2,1-3H3. The van der Waals surface area contributed by atoms with Crippen LogP contribution in [-0.4, -0.2) is 25.0 Å². The van der Waals surface area contributed by atoms with E-state index in [1.807, 2.05) is 24.3 Å². The monoisotopic (exact) mass is 195 g/mol. The Labute approximate surface area is 84.7 Å². The minimum Gasteiger partial charge on any atom is -0.497 e. The highest BCUT2D eigenvalue weighted by Crippen LogP contribution is 2.15. The molecular weight excluding hydrogens is 178 g/mol. The lowest BCUT2D eigenvalue weighted by atomic mass is 10.0. The molecule has 3 nitrogen and oxygen atoms in total. The molecule has 0 heterocycles. The van der Waals surface area contributed by atoms with Gasteiger partial charge in [-0.15, -0.1) is 0 Å². The van der Waals surface area contributed by atoms with Gasteiger partial charge in [-0.25, -0.2) is 0 Å². The van der Waals surface area contributed by atoms with Crippen molar-refractivity contribution >= 4 is 0 Å². The molecule has 0 amide bonds. The van der Waals surface area contributed by atoms with E-state index in [0.717, 1.165) is 11.3 Å². The van der Waals surface area contributed by atoms with E-state index in [9.17, 15) is 5.11 Å². The molecule has 1 aromatic carbocycles. The van der Waals surface area contributed by atoms with E-state index in [1.54, 1.807) is 21.1 Å². The Morgan fingerprint density at radius 2 is 1.93 bits per heavy atom. The summed E-state index contributed by atoms with van der Waals surface area (Å²) in [5.41, 5.74) is 0.222. The maximum Gasteiger partial charge on any atom is 0.118 e. The Morgan fingerprint density at radius 1 is 1.36 bits per heavy atom. The minimum absolute atomic E-state index is 0.577. The first kappa shape index (κ1) is 11.0. The van der Waals surface area contributed by atoms with E-state index in [4.69, 9.17) is 4.74 Å². The normalized spacial score (nSPS) is 14.9. The second-order valence-corrected chi connectivity index (χ2v) is 3.55. The molecule has 0 aliphatic heterocycles. The van der Waals surface area contributed by atoms with Crippen LogP contribution in [0.15, 0.2) is 24.3 Å². The first-order valence-electron chi connectivity index (χ1n) is 4.61. The van der Waals surface area contributed by atoms with Gasteiger partial charge in [0.15, 0.2) is 0 Å². The first-order chi connectivity index (χ1) is 6.57. The van der Waals surface area contributed by atoms with Crippen LogP contribution in [0.2, 0.25) is 0 Å². The van der Waals surface area contributed by atoms with Gasteiger partial charge in [0, 0.05) is 6.42 Å². The van der Waals surface area contributed by atoms with Gasteiger partial charge in [-0.3, -0.25) is 5.32 Å². The molecule has 1 rings (SSSR count). The summed E-state index contributed by atoms with van der Waals surface area (Å²) in [5, 5.41) is 12.6. The summed E-state index contributed by atoms with van der Waals surface area (Å²) in [6.07, 6.45) is 0.577. The highest BCUT2D eigenvalue weighted by molar-refractivity contribution is 5.27. The number of benzene rings is 1. The van der Waals surface area contributed by atoms with Crippen molar-refractivity contribution in [2.24, 2.45) is 0 Å². The first-order valence-corrected chi connectivity index (χ1v) is 4.61. The third kappa shape index (κ3) is 3.01. The highest BCUT2D eigenvalue weighted by Gasteiger charge is 2.17. The zero-order valence-corrected chi connectivity index (χ0v) is 8.87. The van der Waals surface area contributed by atoms with Gasteiger partial charge in [-0.05, 0) is 31.7 Å². The largest absolute Gasteiger partial charge is 0.497 e. The van der Waals surface area contributed by atoms with Gasteiger partial charge in [0.25, 0.3) is 0 Å². The Balaban J connectivity index is 2.69. The van der Waals surface area contributed by atoms with Crippen LogP contribution in [0.25, 0.3) is 0 Å². The summed E-state index contributed by atoms with van der Waals surface area (Å²) in [5.74, 6) is 0.831. The van der Waals surface area contributed by atoms with Crippen LogP contribution in [0.3, 0.4) is 0 Å². The molecule has 78 valence electrons. The molecule has 0 fully saturated rings. The van der Waals surface area contributed by atoms with Crippen LogP contribution in [0.4, 0.5) is 0 Å². The molecular formula is C11H17NO2. The predicted molar refractivity (Wildman–Crippen MR) is 56.4 cm³/mol. The van der Waals surface area contributed by atoms with Crippen molar-refractivity contribution in [2.75, 3.05) is 14.2 Å². The third-order valence-corrected chi connectivity index (χ3v) is 2.25. The Kier molecular flexibility index (Phi) is 3.49. The molecule has 0 aliphatic rings. The van der Waals surface area contributed by atoms with Gasteiger partial charge >= 0.3 is 0 Å². The number of nitrogens with one attached hydrogen (secondary N) is 1. The predicted octanol–water partition coefficient (Wildman–Crippen LogP) is 1.17. The molecule has 1 aromatic rings. The number of aliphatic hydroxyl groups is 1. The molecule has 3 heteroatoms. The molecule has 0 bridgehead atoms. The summed E-state index contributed by atoms with van der Waals surface area (Å²) in [6.45, 7) is 1.75. The average Bonchev–Trinajstić information content (AvgIpc) is 2.19. The van der Waals surface area contributed by atoms with Crippen LogP contribution < -0.4 is 10.1 Å². The van der Waals surface area contributed by atoms with Gasteiger partial charge in [0.1, 0.15) is 11.5 Å². The van der Waals surface area contributed by atoms with Crippen molar-refractivity contribution in [3.63, 3.8) is 0 Å². The molecule has 2 N–H and O–H groups in total. The second kappa shape index (κ2) is 4.44. The third-order valence-electron chi connectivity index (χ3n) is 2.25. The molecule has 0 aliphatic carbocycles. The van der Waals surface area contributed by atoms with Crippen molar-refractivity contribution in [3.05, 3.63) is 29.8 Å². The molecule has 1 unspecified atom stereocenters. The quantitative estimate of drug-likeness (QED) is 0.708. The summed E-state index contributed by atoms with van der Waals surface area (Å²) >= 11 is 0. The van der Waals surface area contributed by atoms with E-state index in [2.05, 4.69) is 5.32 Å². The zero-order chi connectivity index (χ0) is 10.6. The number of likely N-dealkylation sites (N-methyl/N-ethyl adjacent to an activating group) is 1. The summed E-state index contributed by atoms with van der Waals surface area (Å²) in [6, 6.07) is 7.68. The number of hydrogen-bond donors (Lipinski definition) is 2. The van der Waals surface area contributed by atoms with Crippen molar-refractivity contribution in [2.45, 2.75) is 19.1 Å². The maximum atomic E-state index is 9.76. The number of ether oxygens (including phenoxy) is 1. The van der Waals surface area contributed by atoms with Gasteiger partial charge in [-0.1, -0.05) is 12.1 Å². The van der Waals surface area contributed by atoms with Gasteiger partial charge < -0.3 is 9.84 Å². The molecule has 0 spiro atoms. The minimum atomic E-state index is -0.853. The number of hydrogen-bond acceptors (Lipinski definition) is 3. The number of rotatable bonds is 4. The zero-order valence-electron chi connectivity index (χ0n) is 8.87. The maximum absolute atomic E-state index is 9.76.